The number of aromatic amines is 2. The second kappa shape index (κ2) is 14.6. The first-order chi connectivity index (χ1) is 26.9. The molecular formula is C44H44N8O3. The van der Waals surface area contributed by atoms with Gasteiger partial charge in [-0.05, 0) is 89.9 Å². The Morgan fingerprint density at radius 1 is 0.745 bits per heavy atom. The maximum absolute atomic E-state index is 14.1. The summed E-state index contributed by atoms with van der Waals surface area (Å²) < 4.78 is 0. The first-order valence-corrected chi connectivity index (χ1v) is 19.2. The molecule has 55 heavy (non-hydrogen) atoms. The smallest absolute Gasteiger partial charge is 0.245 e. The van der Waals surface area contributed by atoms with Gasteiger partial charge in [0.25, 0.3) is 0 Å². The zero-order valence-electron chi connectivity index (χ0n) is 30.9. The second-order valence-corrected chi connectivity index (χ2v) is 15.0. The van der Waals surface area contributed by atoms with Crippen LogP contribution in [0.2, 0.25) is 0 Å². The molecule has 6 aromatic rings. The number of nitrogens with one attached hydrogen (secondary N) is 3. The lowest BCUT2D eigenvalue weighted by Gasteiger charge is -2.37. The van der Waals surface area contributed by atoms with E-state index >= 15 is 0 Å². The van der Waals surface area contributed by atoms with Crippen molar-refractivity contribution in [3.05, 3.63) is 120 Å². The Balaban J connectivity index is 0.884. The van der Waals surface area contributed by atoms with E-state index in [1.54, 1.807) is 4.90 Å². The molecule has 4 aromatic carbocycles. The van der Waals surface area contributed by atoms with Gasteiger partial charge >= 0.3 is 0 Å². The van der Waals surface area contributed by atoms with Gasteiger partial charge in [0.05, 0.1) is 42.4 Å². The fourth-order valence-corrected chi connectivity index (χ4v) is 8.81. The SMILES string of the molecule is CN1CCc2ccccc2[C@@H]1C(=O)N1CCC[C@H]1c1ncc(-c2ccc(-c3ccc4cc(-c5cnc([C@@H]6CCCN6C(=O)CNC=O)[nH]5)ccc4c3)cc2)[nH]1. The van der Waals surface area contributed by atoms with Gasteiger partial charge in [-0.25, -0.2) is 9.97 Å². The summed E-state index contributed by atoms with van der Waals surface area (Å²) in [6.07, 6.45) is 8.83. The molecule has 3 atom stereocenters. The molecule has 3 aliphatic heterocycles. The summed E-state index contributed by atoms with van der Waals surface area (Å²) in [4.78, 5) is 59.9. The summed E-state index contributed by atoms with van der Waals surface area (Å²) in [6.45, 7) is 2.26. The molecule has 11 heteroatoms. The molecule has 2 aromatic heterocycles. The van der Waals surface area contributed by atoms with E-state index in [9.17, 15) is 14.4 Å². The molecule has 278 valence electrons. The lowest BCUT2D eigenvalue weighted by Crippen LogP contribution is -2.44. The molecule has 11 nitrogen and oxygen atoms in total. The Kier molecular flexibility index (Phi) is 9.23. The number of rotatable bonds is 9. The average Bonchev–Trinajstić information content (AvgIpc) is 4.06. The Labute approximate surface area is 319 Å². The number of benzene rings is 4. The summed E-state index contributed by atoms with van der Waals surface area (Å²) in [5.41, 5.74) is 8.56. The highest BCUT2D eigenvalue weighted by Gasteiger charge is 2.39. The van der Waals surface area contributed by atoms with Crippen LogP contribution in [0, 0.1) is 0 Å². The molecule has 9 rings (SSSR count). The number of likely N-dealkylation sites (tertiary alicyclic amines) is 2. The van der Waals surface area contributed by atoms with Crippen molar-refractivity contribution in [1.29, 1.82) is 0 Å². The lowest BCUT2D eigenvalue weighted by molar-refractivity contribution is -0.138. The van der Waals surface area contributed by atoms with Gasteiger partial charge < -0.3 is 25.1 Å². The third kappa shape index (κ3) is 6.58. The standard InChI is InChI=1S/C44H44N8O3/c1-50-21-18-29-6-2-3-7-35(29)41(50)44(55)52-20-5-9-39(52)43-46-24-36(48-43)30-12-10-28(11-13-30)31-14-15-33-23-34(17-16-32(33)22-31)37-25-47-42(49-37)38-8-4-19-51(38)40(54)26-45-27-53/h2-3,6-7,10-17,22-25,27,38-39,41H,4-5,8-9,18-21,26H2,1H3,(H,45,53)(H,46,48)(H,47,49)/t38-,39-,41+/m0/s1. The Morgan fingerprint density at radius 2 is 1.35 bits per heavy atom. The van der Waals surface area contributed by atoms with Crippen molar-refractivity contribution in [3.8, 4) is 33.6 Å². The fourth-order valence-electron chi connectivity index (χ4n) is 8.81. The normalized spacial score (nSPS) is 19.8. The summed E-state index contributed by atoms with van der Waals surface area (Å²) in [5, 5.41) is 4.73. The average molecular weight is 733 g/mol. The van der Waals surface area contributed by atoms with Gasteiger partial charge in [0.2, 0.25) is 18.2 Å². The van der Waals surface area contributed by atoms with Gasteiger partial charge in [0.15, 0.2) is 0 Å². The monoisotopic (exact) mass is 732 g/mol. The van der Waals surface area contributed by atoms with Crippen molar-refractivity contribution >= 4 is 29.0 Å². The zero-order chi connectivity index (χ0) is 37.5. The third-order valence-corrected chi connectivity index (χ3v) is 11.7. The predicted octanol–water partition coefficient (Wildman–Crippen LogP) is 6.59. The van der Waals surface area contributed by atoms with Crippen LogP contribution in [0.3, 0.4) is 0 Å². The molecule has 0 spiro atoms. The van der Waals surface area contributed by atoms with Crippen LogP contribution in [0.15, 0.2) is 97.3 Å². The topological polar surface area (TPSA) is 130 Å². The number of aromatic nitrogens is 4. The highest BCUT2D eigenvalue weighted by Crippen LogP contribution is 2.38. The quantitative estimate of drug-likeness (QED) is 0.144. The first kappa shape index (κ1) is 34.7. The van der Waals surface area contributed by atoms with Crippen LogP contribution in [0.1, 0.15) is 66.6 Å². The molecule has 2 fully saturated rings. The Hall–Kier alpha value is -6.07. The van der Waals surface area contributed by atoms with Crippen molar-refractivity contribution in [2.75, 3.05) is 33.2 Å². The minimum Gasteiger partial charge on any atom is -0.350 e. The number of H-pyrrole nitrogens is 2. The molecule has 2 saturated heterocycles. The van der Waals surface area contributed by atoms with Crippen molar-refractivity contribution in [2.24, 2.45) is 0 Å². The van der Waals surface area contributed by atoms with E-state index in [0.717, 1.165) is 107 Å². The van der Waals surface area contributed by atoms with Crippen LogP contribution in [0.4, 0.5) is 0 Å². The first-order valence-electron chi connectivity index (χ1n) is 19.2. The number of amides is 3. The molecule has 3 N–H and O–H groups in total. The van der Waals surface area contributed by atoms with Crippen LogP contribution in [-0.2, 0) is 20.8 Å². The van der Waals surface area contributed by atoms with Crippen LogP contribution in [0.25, 0.3) is 44.4 Å². The highest BCUT2D eigenvalue weighted by atomic mass is 16.2. The van der Waals surface area contributed by atoms with Crippen LogP contribution in [-0.4, -0.2) is 86.1 Å². The molecule has 3 aliphatic rings. The summed E-state index contributed by atoms with van der Waals surface area (Å²) in [5.74, 6) is 1.67. The van der Waals surface area contributed by atoms with Crippen molar-refractivity contribution in [1.82, 2.24) is 40.0 Å². The highest BCUT2D eigenvalue weighted by molar-refractivity contribution is 5.91. The molecule has 0 saturated carbocycles. The molecule has 3 amide bonds. The van der Waals surface area contributed by atoms with Gasteiger partial charge in [-0.3, -0.25) is 19.3 Å². The van der Waals surface area contributed by atoms with Gasteiger partial charge in [-0.2, -0.15) is 0 Å². The van der Waals surface area contributed by atoms with Gasteiger partial charge in [-0.1, -0.05) is 72.8 Å². The van der Waals surface area contributed by atoms with E-state index in [0.29, 0.717) is 13.0 Å². The van der Waals surface area contributed by atoms with Crippen LogP contribution >= 0.6 is 0 Å². The number of fused-ring (bicyclic) bond motifs is 2. The van der Waals surface area contributed by atoms with E-state index < -0.39 is 0 Å². The molecule has 0 unspecified atom stereocenters. The zero-order valence-corrected chi connectivity index (χ0v) is 30.9. The van der Waals surface area contributed by atoms with Gasteiger partial charge in [-0.15, -0.1) is 0 Å². The van der Waals surface area contributed by atoms with Gasteiger partial charge in [0, 0.05) is 25.2 Å². The van der Waals surface area contributed by atoms with E-state index in [4.69, 9.17) is 4.98 Å². The van der Waals surface area contributed by atoms with Crippen molar-refractivity contribution in [2.45, 2.75) is 50.2 Å². The molecule has 0 radical (unpaired) electrons. The maximum Gasteiger partial charge on any atom is 0.245 e. The fraction of sp³-hybridized carbons (Fsp3) is 0.295. The number of hydrogen-bond acceptors (Lipinski definition) is 6. The number of hydrogen-bond donors (Lipinski definition) is 3. The van der Waals surface area contributed by atoms with Crippen molar-refractivity contribution < 1.29 is 14.4 Å². The largest absolute Gasteiger partial charge is 0.350 e. The summed E-state index contributed by atoms with van der Waals surface area (Å²) in [7, 11) is 2.06. The third-order valence-electron chi connectivity index (χ3n) is 11.7. The molecule has 5 heterocycles. The van der Waals surface area contributed by atoms with E-state index in [2.05, 4.69) is 111 Å². The van der Waals surface area contributed by atoms with E-state index in [1.165, 1.54) is 5.56 Å². The van der Waals surface area contributed by atoms with Crippen LogP contribution in [0.5, 0.6) is 0 Å². The number of likely N-dealkylation sites (N-methyl/N-ethyl adjacent to an activating group) is 1. The molecule has 0 bridgehead atoms. The maximum atomic E-state index is 14.1. The minimum absolute atomic E-state index is 0.00564. The predicted molar refractivity (Wildman–Crippen MR) is 212 cm³/mol. The van der Waals surface area contributed by atoms with Crippen molar-refractivity contribution in [3.63, 3.8) is 0 Å². The summed E-state index contributed by atoms with van der Waals surface area (Å²) >= 11 is 0. The van der Waals surface area contributed by atoms with Gasteiger partial charge in [0.1, 0.15) is 17.7 Å². The number of carbonyl (C=O) groups excluding carboxylic acids is 3. The Morgan fingerprint density at radius 3 is 2.07 bits per heavy atom. The molecular weight excluding hydrogens is 689 g/mol. The van der Waals surface area contributed by atoms with Crippen LogP contribution < -0.4 is 5.32 Å². The lowest BCUT2D eigenvalue weighted by atomic mass is 9.92. The number of nitrogens with zero attached hydrogens (tertiary/aromatic N) is 5. The van der Waals surface area contributed by atoms with E-state index in [1.807, 2.05) is 23.4 Å². The Bertz CT molecular complexity index is 2380. The minimum atomic E-state index is -0.263. The number of imidazole rings is 2. The number of carbonyl (C=O) groups is 3. The molecule has 0 aliphatic carbocycles. The van der Waals surface area contributed by atoms with E-state index in [-0.39, 0.29) is 36.5 Å². The second-order valence-electron chi connectivity index (χ2n) is 15.0. The summed E-state index contributed by atoms with van der Waals surface area (Å²) in [6, 6.07) is 29.3.